The Bertz CT molecular complexity index is 1950. The molecule has 0 atom stereocenters. The van der Waals surface area contributed by atoms with E-state index in [1.807, 2.05) is 61.5 Å². The maximum atomic E-state index is 14.7. The molecule has 0 spiro atoms. The van der Waals surface area contributed by atoms with Gasteiger partial charge in [0.05, 0.1) is 28.4 Å². The molecule has 10 nitrogen and oxygen atoms in total. The van der Waals surface area contributed by atoms with Crippen LogP contribution in [0.3, 0.4) is 0 Å². The van der Waals surface area contributed by atoms with Crippen LogP contribution in [0.4, 0.5) is 4.39 Å². The van der Waals surface area contributed by atoms with Crippen molar-refractivity contribution in [3.05, 3.63) is 72.8 Å². The van der Waals surface area contributed by atoms with Crippen LogP contribution in [0.2, 0.25) is 0 Å². The summed E-state index contributed by atoms with van der Waals surface area (Å²) in [6.45, 7) is 5.01. The molecule has 2 aromatic carbocycles. The highest BCUT2D eigenvalue weighted by molar-refractivity contribution is 5.96. The van der Waals surface area contributed by atoms with Crippen molar-refractivity contribution in [2.75, 3.05) is 53.5 Å². The van der Waals surface area contributed by atoms with Crippen molar-refractivity contribution >= 4 is 22.1 Å². The van der Waals surface area contributed by atoms with Crippen molar-refractivity contribution < 1.29 is 13.9 Å². The first-order valence-electron chi connectivity index (χ1n) is 15.2. The zero-order valence-corrected chi connectivity index (χ0v) is 25.4. The molecule has 2 N–H and O–H groups in total. The molecule has 11 heteroatoms. The molecule has 0 bridgehead atoms. The third-order valence-electron chi connectivity index (χ3n) is 8.02. The van der Waals surface area contributed by atoms with Gasteiger partial charge in [0, 0.05) is 36.5 Å². The smallest absolute Gasteiger partial charge is 0.161 e. The van der Waals surface area contributed by atoms with Crippen LogP contribution in [0.25, 0.3) is 56.0 Å². The number of likely N-dealkylation sites (N-methyl/N-ethyl adjacent to an activating group) is 1. The third-order valence-corrected chi connectivity index (χ3v) is 8.02. The monoisotopic (exact) mass is 606 g/mol. The maximum Gasteiger partial charge on any atom is 0.161 e. The molecule has 0 amide bonds. The second-order valence-corrected chi connectivity index (χ2v) is 11.6. The van der Waals surface area contributed by atoms with Crippen LogP contribution in [-0.4, -0.2) is 93.4 Å². The normalized spacial score (nSPS) is 13.8. The molecular weight excluding hydrogens is 571 g/mol. The van der Waals surface area contributed by atoms with Crippen LogP contribution in [0, 0.1) is 5.82 Å². The van der Waals surface area contributed by atoms with Crippen LogP contribution in [0.1, 0.15) is 12.8 Å². The Balaban J connectivity index is 1.17. The van der Waals surface area contributed by atoms with Gasteiger partial charge >= 0.3 is 0 Å². The molecule has 5 heterocycles. The second kappa shape index (κ2) is 12.6. The number of ether oxygens (including phenoxy) is 2. The van der Waals surface area contributed by atoms with E-state index in [2.05, 4.69) is 25.1 Å². The number of H-pyrrole nitrogens is 2. The van der Waals surface area contributed by atoms with Gasteiger partial charge in [0.2, 0.25) is 0 Å². The molecule has 0 aliphatic carbocycles. The zero-order valence-electron chi connectivity index (χ0n) is 25.4. The van der Waals surface area contributed by atoms with E-state index < -0.39 is 0 Å². The van der Waals surface area contributed by atoms with Gasteiger partial charge in [-0.25, -0.2) is 14.4 Å². The Morgan fingerprint density at radius 1 is 0.867 bits per heavy atom. The van der Waals surface area contributed by atoms with Gasteiger partial charge in [-0.1, -0.05) is 12.1 Å². The Kier molecular flexibility index (Phi) is 8.10. The number of para-hydroxylation sites is 1. The number of aromatic nitrogens is 6. The molecule has 230 valence electrons. The topological polar surface area (TPSA) is 108 Å². The number of imidazole rings is 1. The minimum atomic E-state index is -0.370. The molecule has 45 heavy (non-hydrogen) atoms. The van der Waals surface area contributed by atoms with Crippen molar-refractivity contribution in [1.82, 2.24) is 39.9 Å². The lowest BCUT2D eigenvalue weighted by atomic mass is 10.0. The lowest BCUT2D eigenvalue weighted by Crippen LogP contribution is -2.25. The highest BCUT2D eigenvalue weighted by atomic mass is 19.1. The summed E-state index contributed by atoms with van der Waals surface area (Å²) in [6.07, 6.45) is 6.04. The number of fused-ring (bicyclic) bond motifs is 2. The second-order valence-electron chi connectivity index (χ2n) is 11.6. The van der Waals surface area contributed by atoms with E-state index in [9.17, 15) is 4.39 Å². The number of hydrogen-bond acceptors (Lipinski definition) is 8. The number of pyridine rings is 2. The molecule has 6 aromatic rings. The van der Waals surface area contributed by atoms with Gasteiger partial charge in [-0.3, -0.25) is 15.0 Å². The summed E-state index contributed by atoms with van der Waals surface area (Å²) in [7, 11) is 3.94. The number of nitrogens with zero attached hydrogens (tertiary/aromatic N) is 6. The molecular formula is C34H35FN8O2. The Morgan fingerprint density at radius 3 is 2.58 bits per heavy atom. The summed E-state index contributed by atoms with van der Waals surface area (Å²) in [4.78, 5) is 22.1. The van der Waals surface area contributed by atoms with Crippen molar-refractivity contribution in [3.8, 4) is 45.4 Å². The largest absolute Gasteiger partial charge is 0.492 e. The summed E-state index contributed by atoms with van der Waals surface area (Å²) in [5.74, 6) is 1.38. The molecule has 1 saturated heterocycles. The van der Waals surface area contributed by atoms with Crippen molar-refractivity contribution in [2.24, 2.45) is 0 Å². The number of rotatable bonds is 11. The number of likely N-dealkylation sites (tertiary alicyclic amines) is 1. The molecule has 1 aliphatic rings. The lowest BCUT2D eigenvalue weighted by molar-refractivity contribution is 0.237. The molecule has 0 radical (unpaired) electrons. The summed E-state index contributed by atoms with van der Waals surface area (Å²) >= 11 is 0. The Morgan fingerprint density at radius 2 is 1.71 bits per heavy atom. The molecule has 4 aromatic heterocycles. The fourth-order valence-electron chi connectivity index (χ4n) is 5.69. The quantitative estimate of drug-likeness (QED) is 0.191. The van der Waals surface area contributed by atoms with Crippen LogP contribution in [0.5, 0.6) is 11.5 Å². The predicted octanol–water partition coefficient (Wildman–Crippen LogP) is 5.78. The maximum absolute atomic E-state index is 14.7. The Labute approximate surface area is 260 Å². The van der Waals surface area contributed by atoms with Crippen molar-refractivity contribution in [1.29, 1.82) is 0 Å². The lowest BCUT2D eigenvalue weighted by Gasteiger charge is -2.15. The fraction of sp³-hybridized carbons (Fsp3) is 0.294. The first-order chi connectivity index (χ1) is 22.0. The number of hydrogen-bond donors (Lipinski definition) is 2. The standard InChI is InChI=1S/C34H35FN8O2/c1-42(2)12-14-44-25-17-22(16-24(35)19-25)27-6-5-7-29-31(27)39-34(38-29)33-32-30(40-41-33)9-8-28(37-32)23-18-26(21-36-20-23)45-15-13-43-10-3-4-11-43/h5-9,16-21H,3-4,10-15H2,1-2H3,(H,38,39)(H,40,41). The molecule has 0 saturated carbocycles. The molecule has 1 aliphatic heterocycles. The Hall–Kier alpha value is -4.87. The molecule has 0 unspecified atom stereocenters. The minimum Gasteiger partial charge on any atom is -0.492 e. The first kappa shape index (κ1) is 28.9. The number of aromatic amines is 2. The van der Waals surface area contributed by atoms with E-state index in [-0.39, 0.29) is 5.82 Å². The first-order valence-corrected chi connectivity index (χ1v) is 15.2. The van der Waals surface area contributed by atoms with Gasteiger partial charge in [0.25, 0.3) is 0 Å². The van der Waals surface area contributed by atoms with E-state index in [1.54, 1.807) is 12.4 Å². The van der Waals surface area contributed by atoms with Crippen molar-refractivity contribution in [3.63, 3.8) is 0 Å². The van der Waals surface area contributed by atoms with Gasteiger partial charge in [0.1, 0.15) is 36.0 Å². The van der Waals surface area contributed by atoms with Crippen LogP contribution >= 0.6 is 0 Å². The molecule has 1 fully saturated rings. The SMILES string of the molecule is CN(C)CCOc1cc(F)cc(-c2cccc3[nH]c(-c4n[nH]c5ccc(-c6cncc(OCCN7CCCC7)c6)nc45)nc23)c1. The van der Waals surface area contributed by atoms with Gasteiger partial charge in [0.15, 0.2) is 11.5 Å². The summed E-state index contributed by atoms with van der Waals surface area (Å²) in [5.41, 5.74) is 6.62. The third kappa shape index (κ3) is 6.36. The highest BCUT2D eigenvalue weighted by Gasteiger charge is 2.18. The van der Waals surface area contributed by atoms with Gasteiger partial charge in [-0.05, 0) is 82.0 Å². The van der Waals surface area contributed by atoms with Crippen LogP contribution in [0.15, 0.2) is 67.0 Å². The zero-order chi connectivity index (χ0) is 30.8. The van der Waals surface area contributed by atoms with E-state index in [4.69, 9.17) is 19.4 Å². The average molecular weight is 607 g/mol. The fourth-order valence-corrected chi connectivity index (χ4v) is 5.69. The predicted molar refractivity (Wildman–Crippen MR) is 173 cm³/mol. The van der Waals surface area contributed by atoms with E-state index in [0.717, 1.165) is 59.8 Å². The van der Waals surface area contributed by atoms with E-state index in [0.29, 0.717) is 47.1 Å². The summed E-state index contributed by atoms with van der Waals surface area (Å²) in [6, 6.07) is 16.4. The number of benzene rings is 2. The van der Waals surface area contributed by atoms with Crippen molar-refractivity contribution in [2.45, 2.75) is 12.8 Å². The van der Waals surface area contributed by atoms with Crippen LogP contribution in [-0.2, 0) is 0 Å². The van der Waals surface area contributed by atoms with Gasteiger partial charge in [-0.2, -0.15) is 5.10 Å². The number of halogens is 1. The highest BCUT2D eigenvalue weighted by Crippen LogP contribution is 2.34. The minimum absolute atomic E-state index is 0.370. The summed E-state index contributed by atoms with van der Waals surface area (Å²) < 4.78 is 26.5. The molecule has 7 rings (SSSR count). The van der Waals surface area contributed by atoms with Crippen LogP contribution < -0.4 is 9.47 Å². The average Bonchev–Trinajstić information content (AvgIpc) is 3.80. The summed E-state index contributed by atoms with van der Waals surface area (Å²) in [5, 5.41) is 7.64. The van der Waals surface area contributed by atoms with Gasteiger partial charge in [-0.15, -0.1) is 0 Å². The van der Waals surface area contributed by atoms with E-state index in [1.165, 1.54) is 25.0 Å². The van der Waals surface area contributed by atoms with Gasteiger partial charge < -0.3 is 19.4 Å². The van der Waals surface area contributed by atoms with E-state index >= 15 is 0 Å². The number of nitrogens with one attached hydrogen (secondary N) is 2.